The largest absolute Gasteiger partial charge is 0.213 e. The van der Waals surface area contributed by atoms with Gasteiger partial charge in [-0.2, -0.15) is 0 Å². The van der Waals surface area contributed by atoms with Gasteiger partial charge in [0.05, 0.1) is 22.3 Å². The maximum absolute atomic E-state index is 8.11. The summed E-state index contributed by atoms with van der Waals surface area (Å²) in [6.07, 6.45) is 8.42. The van der Waals surface area contributed by atoms with Crippen molar-refractivity contribution >= 4 is 0 Å². The number of nitrogens with zero attached hydrogens (tertiary/aromatic N) is 4. The predicted octanol–water partition coefficient (Wildman–Crippen LogP) is 20.4. The van der Waals surface area contributed by atoms with Crippen LogP contribution in [0.4, 0.5) is 0 Å². The van der Waals surface area contributed by atoms with Crippen molar-refractivity contribution in [2.45, 2.75) is 132 Å². The molecule has 4 aliphatic carbocycles. The second-order valence-corrected chi connectivity index (χ2v) is 29.8. The monoisotopic (exact) mass is 1260 g/mol. The van der Waals surface area contributed by atoms with E-state index in [4.69, 9.17) is 4.11 Å². The lowest BCUT2D eigenvalue weighted by molar-refractivity contribution is -0.660. The molecule has 0 radical (unpaired) electrons. The van der Waals surface area contributed by atoms with Crippen LogP contribution in [0.2, 0.25) is 0 Å². The highest BCUT2D eigenvalue weighted by Crippen LogP contribution is 2.57. The summed E-state index contributed by atoms with van der Waals surface area (Å²) in [6.45, 7) is 31.7. The van der Waals surface area contributed by atoms with Gasteiger partial charge in [-0.25, -0.2) is 18.3 Å². The summed E-state index contributed by atoms with van der Waals surface area (Å²) >= 11 is 0. The number of hydrogen-bond donors (Lipinski definition) is 0. The first-order chi connectivity index (χ1) is 46.9. The molecule has 4 aliphatic rings. The fraction of sp³-hybridized carbons (Fsp3) is 0.261. The first-order valence-corrected chi connectivity index (χ1v) is 34.2. The third kappa shape index (κ3) is 10.5. The van der Waals surface area contributed by atoms with Crippen LogP contribution >= 0.6 is 0 Å². The second kappa shape index (κ2) is 24.2. The molecule has 12 aromatic rings. The lowest BCUT2D eigenvalue weighted by atomic mass is 9.80. The summed E-state index contributed by atoms with van der Waals surface area (Å²) in [7, 11) is 8.42. The van der Waals surface area contributed by atoms with E-state index in [0.717, 1.165) is 33.5 Å². The molecule has 4 heteroatoms. The summed E-state index contributed by atoms with van der Waals surface area (Å²) in [5.41, 5.74) is 41.1. The molecule has 8 aromatic carbocycles. The lowest BCUT2D eigenvalue weighted by Gasteiger charge is -2.23. The highest BCUT2D eigenvalue weighted by Gasteiger charge is 2.43. The van der Waals surface area contributed by atoms with Gasteiger partial charge in [0.2, 0.25) is 22.8 Å². The Morgan fingerprint density at radius 2 is 0.604 bits per heavy atom. The molecular weight excluding hydrogens is 1160 g/mol. The van der Waals surface area contributed by atoms with Crippen molar-refractivity contribution in [3.8, 4) is 89.5 Å². The van der Waals surface area contributed by atoms with Crippen LogP contribution in [0.1, 0.15) is 149 Å². The van der Waals surface area contributed by atoms with Gasteiger partial charge >= 0.3 is 0 Å². The number of rotatable bonds is 4. The predicted molar refractivity (Wildman–Crippen MR) is 400 cm³/mol. The van der Waals surface area contributed by atoms with Crippen molar-refractivity contribution in [2.75, 3.05) is 0 Å². The van der Waals surface area contributed by atoms with Gasteiger partial charge < -0.3 is 0 Å². The minimum atomic E-state index is -2.15. The second-order valence-electron chi connectivity index (χ2n) is 29.8. The summed E-state index contributed by atoms with van der Waals surface area (Å²) in [4.78, 5) is 0. The molecule has 4 heterocycles. The molecule has 0 N–H and O–H groups in total. The van der Waals surface area contributed by atoms with E-state index in [9.17, 15) is 0 Å². The van der Waals surface area contributed by atoms with E-state index < -0.39 is 6.85 Å². The van der Waals surface area contributed by atoms with Crippen LogP contribution in [0.25, 0.3) is 89.5 Å². The molecule has 4 aromatic heterocycles. The Kier molecular flexibility index (Phi) is 15.5. The molecule has 0 bridgehead atoms. The molecule has 96 heavy (non-hydrogen) atoms. The van der Waals surface area contributed by atoms with E-state index in [0.29, 0.717) is 5.56 Å². The zero-order chi connectivity index (χ0) is 70.7. The quantitative estimate of drug-likeness (QED) is 0.156. The molecule has 0 spiro atoms. The highest BCUT2D eigenvalue weighted by molar-refractivity contribution is 5.97. The molecule has 0 saturated carbocycles. The maximum atomic E-state index is 8.11. The number of aromatic nitrogens is 4. The van der Waals surface area contributed by atoms with Crippen LogP contribution in [0.3, 0.4) is 0 Å². The van der Waals surface area contributed by atoms with E-state index in [1.165, 1.54) is 139 Å². The standard InChI is InChI=1S/4C23H24N/c1-15-12-13-18-21(20(15)19-11-6-7-14-24(19)5)17-10-8-9-16(2)22(17)23(18,3)4;1-15-9-8-10-17-20(15)22-18(23(17,3)4)13-12-16(2)21(22)19-11-6-7-14-24(19)5;1-15-9-11-18-17(14-15)22-19(23(18,3)4)12-10-16(2)21(22)20-8-6-7-13-24(20)5;1-15-9-11-17-19(14-15)23(3,4)18-12-10-16(2)21(22(17)18)20-8-6-7-13-24(20)5/h4*6-14H,1-5H3/q4*+1/i;1D3;;. The molecule has 0 aliphatic heterocycles. The Morgan fingerprint density at radius 1 is 0.250 bits per heavy atom. The first-order valence-electron chi connectivity index (χ1n) is 35.7. The fourth-order valence-corrected chi connectivity index (χ4v) is 16.9. The molecule has 480 valence electrons. The SMILES string of the molecule is Cc1ccc2c(c1)-c1c(ccc(C)c1-c1cccc[n+]1C)C2(C)C.Cc1ccc2c(c1)C(C)(C)c1ccc(C)c(-c3cccc[n+]3C)c1-2.Cc1ccc2c(c1-c1cccc[n+]1C)-c1cccc(C)c1C2(C)C.[2H]C([2H])([2H])c1cccc2c1-c1c(ccc(C)c1-c1cccc[n+]1C)C2(C)C. The summed E-state index contributed by atoms with van der Waals surface area (Å²) in [5, 5.41) is 0. The van der Waals surface area contributed by atoms with E-state index in [-0.39, 0.29) is 21.7 Å². The Labute approximate surface area is 577 Å². The minimum absolute atomic E-state index is 0.0474. The van der Waals surface area contributed by atoms with Gasteiger partial charge in [-0.3, -0.25) is 0 Å². The number of aryl methyl sites for hydroxylation is 12. The van der Waals surface area contributed by atoms with Gasteiger partial charge in [-0.05, 0) is 180 Å². The topological polar surface area (TPSA) is 15.5 Å². The van der Waals surface area contributed by atoms with Crippen LogP contribution in [0.5, 0.6) is 0 Å². The van der Waals surface area contributed by atoms with Crippen LogP contribution in [0.15, 0.2) is 219 Å². The maximum Gasteiger partial charge on any atom is 0.213 e. The van der Waals surface area contributed by atoms with Crippen LogP contribution in [0, 0.1) is 55.3 Å². The third-order valence-electron chi connectivity index (χ3n) is 22.0. The van der Waals surface area contributed by atoms with E-state index in [1.807, 2.05) is 31.4 Å². The number of pyridine rings is 4. The number of hydrogen-bond acceptors (Lipinski definition) is 0. The van der Waals surface area contributed by atoms with Crippen molar-refractivity contribution in [3.63, 3.8) is 0 Å². The van der Waals surface area contributed by atoms with E-state index >= 15 is 0 Å². The molecular formula is C92H96N4+4. The Balaban J connectivity index is 0.000000119. The smallest absolute Gasteiger partial charge is 0.201 e. The highest BCUT2D eigenvalue weighted by atomic mass is 14.9. The van der Waals surface area contributed by atoms with Crippen molar-refractivity contribution in [2.24, 2.45) is 28.2 Å². The van der Waals surface area contributed by atoms with Gasteiger partial charge in [0, 0.05) is 96.6 Å². The lowest BCUT2D eigenvalue weighted by Crippen LogP contribution is -2.30. The van der Waals surface area contributed by atoms with Crippen molar-refractivity contribution in [1.29, 1.82) is 0 Å². The summed E-state index contributed by atoms with van der Waals surface area (Å²) < 4.78 is 33.1. The Hall–Kier alpha value is -9.64. The zero-order valence-corrected chi connectivity index (χ0v) is 60.1. The summed E-state index contributed by atoms with van der Waals surface area (Å²) in [6, 6.07) is 69.9. The minimum Gasteiger partial charge on any atom is -0.201 e. The van der Waals surface area contributed by atoms with Crippen molar-refractivity contribution < 1.29 is 22.4 Å². The molecule has 16 rings (SSSR count). The molecule has 0 fully saturated rings. The molecule has 0 saturated heterocycles. The Bertz CT molecular complexity index is 5200. The van der Waals surface area contributed by atoms with Crippen molar-refractivity contribution in [3.05, 3.63) is 308 Å². The van der Waals surface area contributed by atoms with Crippen LogP contribution < -0.4 is 18.3 Å². The summed E-state index contributed by atoms with van der Waals surface area (Å²) in [5.74, 6) is 0. The fourth-order valence-electron chi connectivity index (χ4n) is 16.9. The molecule has 4 nitrogen and oxygen atoms in total. The van der Waals surface area contributed by atoms with Crippen LogP contribution in [-0.4, -0.2) is 0 Å². The van der Waals surface area contributed by atoms with E-state index in [1.54, 1.807) is 6.07 Å². The van der Waals surface area contributed by atoms with E-state index in [2.05, 4.69) is 332 Å². The van der Waals surface area contributed by atoms with Gasteiger partial charge in [0.25, 0.3) is 0 Å². The average Bonchev–Trinajstić information content (AvgIpc) is 1.55. The van der Waals surface area contributed by atoms with Crippen LogP contribution in [-0.2, 0) is 49.9 Å². The normalized spacial score (nSPS) is 15.0. The number of fused-ring (bicyclic) bond motifs is 12. The van der Waals surface area contributed by atoms with Gasteiger partial charge in [0.15, 0.2) is 24.8 Å². The third-order valence-corrected chi connectivity index (χ3v) is 22.0. The Morgan fingerprint density at radius 3 is 1.07 bits per heavy atom. The number of benzene rings is 8. The zero-order valence-electron chi connectivity index (χ0n) is 63.1. The molecule has 0 amide bonds. The molecule has 0 unspecified atom stereocenters. The molecule has 0 atom stereocenters. The van der Waals surface area contributed by atoms with Crippen molar-refractivity contribution in [1.82, 2.24) is 0 Å². The van der Waals surface area contributed by atoms with Gasteiger partial charge in [-0.15, -0.1) is 0 Å². The van der Waals surface area contributed by atoms with Gasteiger partial charge in [-0.1, -0.05) is 188 Å². The van der Waals surface area contributed by atoms with Gasteiger partial charge in [0.1, 0.15) is 28.2 Å². The average molecular weight is 1260 g/mol. The first kappa shape index (κ1) is 61.2.